The Morgan fingerprint density at radius 3 is 2.61 bits per heavy atom. The molecule has 8 heteroatoms. The fraction of sp³-hybridized carbons (Fsp3) is 0.480. The molecule has 1 fully saturated rings. The normalized spacial score (nSPS) is 16.6. The molecule has 174 valence electrons. The lowest BCUT2D eigenvalue weighted by molar-refractivity contribution is -0.116. The lowest BCUT2D eigenvalue weighted by Crippen LogP contribution is -2.47. The van der Waals surface area contributed by atoms with Gasteiger partial charge in [-0.2, -0.15) is 5.26 Å². The number of carbonyl (C=O) groups excluding carboxylic acids is 2. The van der Waals surface area contributed by atoms with Crippen molar-refractivity contribution in [3.8, 4) is 6.07 Å². The second-order valence-electron chi connectivity index (χ2n) is 8.73. The van der Waals surface area contributed by atoms with Crippen LogP contribution in [-0.4, -0.2) is 49.3 Å². The lowest BCUT2D eigenvalue weighted by atomic mass is 10.1. The van der Waals surface area contributed by atoms with E-state index in [0.717, 1.165) is 44.3 Å². The van der Waals surface area contributed by atoms with Gasteiger partial charge in [0.25, 0.3) is 0 Å². The fourth-order valence-corrected chi connectivity index (χ4v) is 5.85. The lowest BCUT2D eigenvalue weighted by Gasteiger charge is -2.36. The van der Waals surface area contributed by atoms with E-state index in [0.29, 0.717) is 47.9 Å². The first kappa shape index (κ1) is 23.4. The Kier molecular flexibility index (Phi) is 7.41. The van der Waals surface area contributed by atoms with Gasteiger partial charge in [-0.25, -0.2) is 4.39 Å². The second-order valence-corrected chi connectivity index (χ2v) is 9.83. The predicted molar refractivity (Wildman–Crippen MR) is 129 cm³/mol. The number of Topliss-reactive ketones (excluding diaryl/α,β-unsaturated/α-hetero) is 1. The molecule has 2 heterocycles. The molecule has 0 unspecified atom stereocenters. The molecule has 4 rings (SSSR count). The number of nitrogens with one attached hydrogen (secondary N) is 1. The third kappa shape index (κ3) is 5.43. The van der Waals surface area contributed by atoms with Gasteiger partial charge in [-0.15, -0.1) is 11.3 Å². The van der Waals surface area contributed by atoms with Crippen molar-refractivity contribution in [3.63, 3.8) is 0 Å². The van der Waals surface area contributed by atoms with Crippen LogP contribution in [0.2, 0.25) is 0 Å². The number of benzene rings is 1. The average molecular weight is 469 g/mol. The van der Waals surface area contributed by atoms with Gasteiger partial charge in [-0.05, 0) is 56.4 Å². The van der Waals surface area contributed by atoms with Crippen LogP contribution in [0.25, 0.3) is 0 Å². The zero-order valence-corrected chi connectivity index (χ0v) is 19.8. The summed E-state index contributed by atoms with van der Waals surface area (Å²) in [5.74, 6) is -0.599. The topological polar surface area (TPSA) is 76.4 Å². The minimum absolute atomic E-state index is 0.0730. The van der Waals surface area contributed by atoms with Crippen molar-refractivity contribution in [1.82, 2.24) is 4.90 Å². The van der Waals surface area contributed by atoms with Crippen molar-refractivity contribution in [1.29, 1.82) is 5.26 Å². The van der Waals surface area contributed by atoms with E-state index in [1.54, 1.807) is 23.5 Å². The Hall–Kier alpha value is -2.76. The van der Waals surface area contributed by atoms with Crippen LogP contribution in [-0.2, 0) is 17.6 Å². The monoisotopic (exact) mass is 468 g/mol. The van der Waals surface area contributed by atoms with Gasteiger partial charge in [-0.3, -0.25) is 14.5 Å². The molecule has 0 saturated carbocycles. The van der Waals surface area contributed by atoms with E-state index in [4.69, 9.17) is 0 Å². The molecule has 1 saturated heterocycles. The van der Waals surface area contributed by atoms with E-state index >= 15 is 0 Å². The van der Waals surface area contributed by atoms with Crippen molar-refractivity contribution in [2.24, 2.45) is 0 Å². The van der Waals surface area contributed by atoms with Crippen LogP contribution in [0.5, 0.6) is 0 Å². The predicted octanol–water partition coefficient (Wildman–Crippen LogP) is 4.38. The Morgan fingerprint density at radius 1 is 1.15 bits per heavy atom. The van der Waals surface area contributed by atoms with Crippen LogP contribution < -0.4 is 10.2 Å². The zero-order chi connectivity index (χ0) is 23.4. The molecule has 0 radical (unpaired) electrons. The third-order valence-electron chi connectivity index (χ3n) is 6.51. The van der Waals surface area contributed by atoms with Gasteiger partial charge in [0.1, 0.15) is 16.9 Å². The van der Waals surface area contributed by atoms with E-state index in [1.165, 1.54) is 24.3 Å². The maximum absolute atomic E-state index is 14.4. The number of hydrogen-bond acceptors (Lipinski definition) is 6. The molecule has 1 N–H and O–H groups in total. The quantitative estimate of drug-likeness (QED) is 0.503. The Morgan fingerprint density at radius 2 is 1.91 bits per heavy atom. The van der Waals surface area contributed by atoms with Gasteiger partial charge in [0.05, 0.1) is 11.3 Å². The summed E-state index contributed by atoms with van der Waals surface area (Å²) in [5, 5.41) is 13.3. The van der Waals surface area contributed by atoms with E-state index in [-0.39, 0.29) is 17.5 Å². The van der Waals surface area contributed by atoms with Gasteiger partial charge >= 0.3 is 0 Å². The first-order valence-corrected chi connectivity index (χ1v) is 12.4. The number of hydrogen-bond donors (Lipinski definition) is 1. The maximum atomic E-state index is 14.4. The second kappa shape index (κ2) is 10.4. The van der Waals surface area contributed by atoms with Gasteiger partial charge < -0.3 is 10.2 Å². The molecule has 1 amide bonds. The molecule has 2 aromatic rings. The molecular formula is C25H29FN4O2S. The number of thiophene rings is 1. The van der Waals surface area contributed by atoms with Crippen molar-refractivity contribution in [2.45, 2.75) is 45.4 Å². The van der Waals surface area contributed by atoms with Crippen molar-refractivity contribution >= 4 is 33.7 Å². The molecule has 2 aliphatic rings. The first-order valence-electron chi connectivity index (χ1n) is 11.6. The van der Waals surface area contributed by atoms with Crippen LogP contribution in [0.1, 0.15) is 59.0 Å². The molecule has 6 nitrogen and oxygen atoms in total. The SMILES string of the molecule is CC(=O)c1ccc(N2CCN(CCC(=O)Nc3sc4c(c3C#N)CCCCC4)CC2)c(F)c1. The summed E-state index contributed by atoms with van der Waals surface area (Å²) in [4.78, 5) is 29.5. The first-order chi connectivity index (χ1) is 16.0. The standard InChI is InChI=1S/C25H29FN4O2S/c1-17(31)18-7-8-22(21(26)15-18)30-13-11-29(12-14-30)10-9-24(32)28-25-20(16-27)19-5-3-2-4-6-23(19)33-25/h7-8,15H,2-6,9-14H2,1H3,(H,28,32). The molecule has 33 heavy (non-hydrogen) atoms. The number of carbonyl (C=O) groups is 2. The molecule has 0 atom stereocenters. The number of piperazine rings is 1. The minimum atomic E-state index is -0.377. The highest BCUT2D eigenvalue weighted by atomic mass is 32.1. The third-order valence-corrected chi connectivity index (χ3v) is 7.72. The Balaban J connectivity index is 1.28. The maximum Gasteiger partial charge on any atom is 0.226 e. The minimum Gasteiger partial charge on any atom is -0.367 e. The Bertz CT molecular complexity index is 1080. The van der Waals surface area contributed by atoms with E-state index in [2.05, 4.69) is 16.3 Å². The van der Waals surface area contributed by atoms with Gasteiger partial charge in [0.15, 0.2) is 5.78 Å². The largest absolute Gasteiger partial charge is 0.367 e. The van der Waals surface area contributed by atoms with Crippen LogP contribution in [0.4, 0.5) is 15.1 Å². The molecule has 0 spiro atoms. The molecular weight excluding hydrogens is 439 g/mol. The number of halogens is 1. The molecule has 1 aliphatic carbocycles. The highest BCUT2D eigenvalue weighted by molar-refractivity contribution is 7.16. The number of nitriles is 1. The molecule has 0 bridgehead atoms. The Labute approximate surface area is 198 Å². The number of amides is 1. The van der Waals surface area contributed by atoms with Crippen LogP contribution in [0.3, 0.4) is 0 Å². The van der Waals surface area contributed by atoms with Crippen LogP contribution in [0, 0.1) is 17.1 Å². The summed E-state index contributed by atoms with van der Waals surface area (Å²) >= 11 is 1.56. The van der Waals surface area contributed by atoms with Gasteiger partial charge in [-0.1, -0.05) is 6.42 Å². The van der Waals surface area contributed by atoms with Crippen molar-refractivity contribution in [2.75, 3.05) is 42.9 Å². The number of rotatable bonds is 6. The summed E-state index contributed by atoms with van der Waals surface area (Å²) in [7, 11) is 0. The van der Waals surface area contributed by atoms with Gasteiger partial charge in [0.2, 0.25) is 5.91 Å². The zero-order valence-electron chi connectivity index (χ0n) is 19.0. The summed E-state index contributed by atoms with van der Waals surface area (Å²) in [6.07, 6.45) is 5.71. The highest BCUT2D eigenvalue weighted by Gasteiger charge is 2.23. The highest BCUT2D eigenvalue weighted by Crippen LogP contribution is 2.37. The summed E-state index contributed by atoms with van der Waals surface area (Å²) in [5.41, 5.74) is 2.67. The van der Waals surface area contributed by atoms with Gasteiger partial charge in [0, 0.05) is 49.6 Å². The molecule has 1 aromatic heterocycles. The molecule has 1 aromatic carbocycles. The van der Waals surface area contributed by atoms with Crippen LogP contribution >= 0.6 is 11.3 Å². The number of fused-ring (bicyclic) bond motifs is 1. The molecule has 1 aliphatic heterocycles. The summed E-state index contributed by atoms with van der Waals surface area (Å²) in [6, 6.07) is 6.94. The number of ketones is 1. The van der Waals surface area contributed by atoms with E-state index in [1.807, 2.05) is 4.90 Å². The van der Waals surface area contributed by atoms with E-state index in [9.17, 15) is 19.2 Å². The van der Waals surface area contributed by atoms with Crippen molar-refractivity contribution in [3.05, 3.63) is 45.6 Å². The number of aryl methyl sites for hydroxylation is 1. The average Bonchev–Trinajstić information content (AvgIpc) is 2.96. The van der Waals surface area contributed by atoms with Crippen molar-refractivity contribution < 1.29 is 14.0 Å². The fourth-order valence-electron chi connectivity index (χ4n) is 4.59. The smallest absolute Gasteiger partial charge is 0.226 e. The summed E-state index contributed by atoms with van der Waals surface area (Å²) in [6.45, 7) is 4.84. The number of anilines is 2. The number of nitrogens with zero attached hydrogens (tertiary/aromatic N) is 3. The van der Waals surface area contributed by atoms with E-state index < -0.39 is 0 Å². The summed E-state index contributed by atoms with van der Waals surface area (Å²) < 4.78 is 14.4. The van der Waals surface area contributed by atoms with Crippen LogP contribution in [0.15, 0.2) is 18.2 Å².